The average Bonchev–Trinajstić information content (AvgIpc) is 2.19. The van der Waals surface area contributed by atoms with E-state index in [0.717, 1.165) is 0 Å². The van der Waals surface area contributed by atoms with Gasteiger partial charge in [-0.15, -0.1) is 0 Å². The predicted octanol–water partition coefficient (Wildman–Crippen LogP) is 1.66. The van der Waals surface area contributed by atoms with Crippen LogP contribution in [0.25, 0.3) is 0 Å². The van der Waals surface area contributed by atoms with Gasteiger partial charge in [-0.25, -0.2) is 8.78 Å². The van der Waals surface area contributed by atoms with Crippen molar-refractivity contribution >= 4 is 6.29 Å². The molecule has 1 unspecified atom stereocenters. The van der Waals surface area contributed by atoms with E-state index < -0.39 is 23.3 Å². The molecule has 0 aromatic heterocycles. The number of carbonyl (C=O) groups excluding carboxylic acids is 1. The standard InChI is InChI=1S/C9H10F2O3/c1-13-6-3-7(14-2)9(11)5(4-12)8(6)10/h4,6H,3H2,1-2H3. The van der Waals surface area contributed by atoms with Crippen LogP contribution >= 0.6 is 0 Å². The van der Waals surface area contributed by atoms with E-state index in [4.69, 9.17) is 4.74 Å². The van der Waals surface area contributed by atoms with Gasteiger partial charge in [0.1, 0.15) is 17.7 Å². The van der Waals surface area contributed by atoms with Crippen molar-refractivity contribution in [1.82, 2.24) is 0 Å². The molecule has 1 aliphatic carbocycles. The number of rotatable bonds is 3. The van der Waals surface area contributed by atoms with E-state index in [-0.39, 0.29) is 18.5 Å². The molecule has 1 atom stereocenters. The third kappa shape index (κ3) is 1.68. The van der Waals surface area contributed by atoms with Gasteiger partial charge in [-0.2, -0.15) is 0 Å². The number of aldehydes is 1. The molecule has 1 aliphatic rings. The summed E-state index contributed by atoms with van der Waals surface area (Å²) in [6.07, 6.45) is -0.860. The zero-order valence-electron chi connectivity index (χ0n) is 7.84. The lowest BCUT2D eigenvalue weighted by Crippen LogP contribution is -2.20. The van der Waals surface area contributed by atoms with Gasteiger partial charge in [-0.3, -0.25) is 4.79 Å². The molecule has 78 valence electrons. The number of allylic oxidation sites excluding steroid dienone is 2. The maximum atomic E-state index is 13.3. The molecule has 0 N–H and O–H groups in total. The summed E-state index contributed by atoms with van der Waals surface area (Å²) in [4.78, 5) is 10.4. The highest BCUT2D eigenvalue weighted by Gasteiger charge is 2.30. The smallest absolute Gasteiger partial charge is 0.174 e. The van der Waals surface area contributed by atoms with E-state index in [1.807, 2.05) is 0 Å². The van der Waals surface area contributed by atoms with Crippen LogP contribution < -0.4 is 0 Å². The van der Waals surface area contributed by atoms with Crippen molar-refractivity contribution in [3.63, 3.8) is 0 Å². The maximum Gasteiger partial charge on any atom is 0.174 e. The molecule has 0 aromatic rings. The Morgan fingerprint density at radius 2 is 2.07 bits per heavy atom. The first kappa shape index (κ1) is 10.8. The molecule has 0 radical (unpaired) electrons. The Labute approximate surface area is 80.0 Å². The summed E-state index contributed by atoms with van der Waals surface area (Å²) >= 11 is 0. The summed E-state index contributed by atoms with van der Waals surface area (Å²) < 4.78 is 35.9. The second-order valence-electron chi connectivity index (χ2n) is 2.75. The molecule has 0 heterocycles. The van der Waals surface area contributed by atoms with Gasteiger partial charge in [0, 0.05) is 13.5 Å². The SMILES string of the molecule is COC1=C(F)C(C=O)=C(F)C(OC)C1. The van der Waals surface area contributed by atoms with E-state index in [1.165, 1.54) is 14.2 Å². The molecule has 14 heavy (non-hydrogen) atoms. The summed E-state index contributed by atoms with van der Waals surface area (Å²) in [6.45, 7) is 0. The lowest BCUT2D eigenvalue weighted by Gasteiger charge is -2.21. The fourth-order valence-corrected chi connectivity index (χ4v) is 1.24. The van der Waals surface area contributed by atoms with Crippen molar-refractivity contribution in [1.29, 1.82) is 0 Å². The summed E-state index contributed by atoms with van der Waals surface area (Å²) in [6, 6.07) is 0. The van der Waals surface area contributed by atoms with Crippen LogP contribution in [0.15, 0.2) is 23.0 Å². The first-order valence-electron chi connectivity index (χ1n) is 3.96. The van der Waals surface area contributed by atoms with Gasteiger partial charge >= 0.3 is 0 Å². The van der Waals surface area contributed by atoms with Crippen molar-refractivity contribution in [2.24, 2.45) is 0 Å². The number of methoxy groups -OCH3 is 2. The van der Waals surface area contributed by atoms with Gasteiger partial charge in [0.15, 0.2) is 12.1 Å². The predicted molar refractivity (Wildman–Crippen MR) is 44.8 cm³/mol. The second kappa shape index (κ2) is 4.32. The Morgan fingerprint density at radius 3 is 2.50 bits per heavy atom. The second-order valence-corrected chi connectivity index (χ2v) is 2.75. The zero-order chi connectivity index (χ0) is 10.7. The van der Waals surface area contributed by atoms with E-state index in [9.17, 15) is 13.6 Å². The largest absolute Gasteiger partial charge is 0.498 e. The van der Waals surface area contributed by atoms with Crippen LogP contribution in [-0.2, 0) is 14.3 Å². The van der Waals surface area contributed by atoms with E-state index in [1.54, 1.807) is 0 Å². The highest BCUT2D eigenvalue weighted by Crippen LogP contribution is 2.32. The van der Waals surface area contributed by atoms with Crippen molar-refractivity contribution < 1.29 is 23.0 Å². The number of halogens is 2. The van der Waals surface area contributed by atoms with Gasteiger partial charge in [-0.05, 0) is 0 Å². The Hall–Kier alpha value is -1.23. The van der Waals surface area contributed by atoms with E-state index >= 15 is 0 Å². The van der Waals surface area contributed by atoms with Gasteiger partial charge in [0.05, 0.1) is 12.7 Å². The summed E-state index contributed by atoms with van der Waals surface area (Å²) in [5, 5.41) is 0. The zero-order valence-corrected chi connectivity index (χ0v) is 7.84. The van der Waals surface area contributed by atoms with Crippen LogP contribution in [0.4, 0.5) is 8.78 Å². The fraction of sp³-hybridized carbons (Fsp3) is 0.444. The van der Waals surface area contributed by atoms with Gasteiger partial charge < -0.3 is 9.47 Å². The number of hydrogen-bond acceptors (Lipinski definition) is 3. The first-order valence-corrected chi connectivity index (χ1v) is 3.96. The molecule has 0 spiro atoms. The van der Waals surface area contributed by atoms with Crippen LogP contribution in [0, 0.1) is 0 Å². The van der Waals surface area contributed by atoms with Crippen molar-refractivity contribution in [2.45, 2.75) is 12.5 Å². The van der Waals surface area contributed by atoms with Gasteiger partial charge in [0.2, 0.25) is 0 Å². The Balaban J connectivity index is 3.14. The lowest BCUT2D eigenvalue weighted by molar-refractivity contribution is -0.105. The molecule has 0 bridgehead atoms. The summed E-state index contributed by atoms with van der Waals surface area (Å²) in [5.41, 5.74) is -0.625. The highest BCUT2D eigenvalue weighted by atomic mass is 19.1. The molecule has 0 fully saturated rings. The third-order valence-corrected chi connectivity index (χ3v) is 2.04. The molecule has 1 rings (SSSR count). The number of hydrogen-bond donors (Lipinski definition) is 0. The van der Waals surface area contributed by atoms with E-state index in [0.29, 0.717) is 0 Å². The molecule has 3 nitrogen and oxygen atoms in total. The minimum Gasteiger partial charge on any atom is -0.498 e. The lowest BCUT2D eigenvalue weighted by atomic mass is 10.0. The number of carbonyl (C=O) groups is 1. The molecular formula is C9H10F2O3. The molecule has 0 aromatic carbocycles. The molecule has 0 aliphatic heterocycles. The molecule has 0 saturated carbocycles. The van der Waals surface area contributed by atoms with Gasteiger partial charge in [-0.1, -0.05) is 0 Å². The third-order valence-electron chi connectivity index (χ3n) is 2.04. The Morgan fingerprint density at radius 1 is 1.43 bits per heavy atom. The van der Waals surface area contributed by atoms with Crippen LogP contribution in [-0.4, -0.2) is 26.6 Å². The summed E-state index contributed by atoms with van der Waals surface area (Å²) in [7, 11) is 2.54. The normalized spacial score (nSPS) is 22.7. The monoisotopic (exact) mass is 204 g/mol. The highest BCUT2D eigenvalue weighted by molar-refractivity contribution is 5.81. The first-order chi connectivity index (χ1) is 6.65. The van der Waals surface area contributed by atoms with Crippen LogP contribution in [0.5, 0.6) is 0 Å². The van der Waals surface area contributed by atoms with Crippen molar-refractivity contribution in [3.8, 4) is 0 Å². The quantitative estimate of drug-likeness (QED) is 0.656. The van der Waals surface area contributed by atoms with Crippen molar-refractivity contribution in [3.05, 3.63) is 23.0 Å². The minimum absolute atomic E-state index is 0.0397. The minimum atomic E-state index is -0.951. The topological polar surface area (TPSA) is 35.5 Å². The Bertz CT molecular complexity index is 307. The van der Waals surface area contributed by atoms with E-state index in [2.05, 4.69) is 4.74 Å². The molecule has 0 saturated heterocycles. The fourth-order valence-electron chi connectivity index (χ4n) is 1.24. The van der Waals surface area contributed by atoms with Gasteiger partial charge in [0.25, 0.3) is 0 Å². The average molecular weight is 204 g/mol. The molecule has 5 heteroatoms. The molecular weight excluding hydrogens is 194 g/mol. The number of ether oxygens (including phenoxy) is 2. The van der Waals surface area contributed by atoms with Crippen LogP contribution in [0.3, 0.4) is 0 Å². The maximum absolute atomic E-state index is 13.3. The van der Waals surface area contributed by atoms with Crippen LogP contribution in [0.1, 0.15) is 6.42 Å². The molecule has 0 amide bonds. The Kier molecular flexibility index (Phi) is 3.35. The van der Waals surface area contributed by atoms with Crippen molar-refractivity contribution in [2.75, 3.05) is 14.2 Å². The van der Waals surface area contributed by atoms with Crippen LogP contribution in [0.2, 0.25) is 0 Å². The summed E-state index contributed by atoms with van der Waals surface area (Å²) in [5.74, 6) is -1.91.